The summed E-state index contributed by atoms with van der Waals surface area (Å²) in [4.78, 5) is 16.9. The molecule has 1 aliphatic heterocycles. The van der Waals surface area contributed by atoms with Crippen LogP contribution in [-0.4, -0.2) is 30.9 Å². The van der Waals surface area contributed by atoms with Crippen LogP contribution < -0.4 is 5.32 Å². The Balaban J connectivity index is 2.06. The summed E-state index contributed by atoms with van der Waals surface area (Å²) < 4.78 is 0. The number of carbonyl (C=O) groups is 1. The molecule has 2 rings (SSSR count). The van der Waals surface area contributed by atoms with E-state index in [1.807, 2.05) is 11.9 Å². The van der Waals surface area contributed by atoms with Gasteiger partial charge in [-0.25, -0.2) is 0 Å². The van der Waals surface area contributed by atoms with Crippen LogP contribution in [0.3, 0.4) is 0 Å². The highest BCUT2D eigenvalue weighted by Crippen LogP contribution is 2.28. The van der Waals surface area contributed by atoms with Gasteiger partial charge in [-0.1, -0.05) is 6.92 Å². The summed E-state index contributed by atoms with van der Waals surface area (Å²) in [6.45, 7) is 8.13. The standard InChI is InChI=1S/C14H22N2OS/c1-9-7-15-8-12(9)14(17)16(4)11(3)13-6-5-10(2)18-13/h5-6,9,11-12,15H,7-8H2,1-4H3. The molecule has 0 aliphatic carbocycles. The molecule has 3 atom stereocenters. The molecule has 1 aromatic heterocycles. The van der Waals surface area contributed by atoms with Crippen LogP contribution in [0.1, 0.15) is 29.6 Å². The number of thiophene rings is 1. The van der Waals surface area contributed by atoms with Crippen molar-refractivity contribution in [3.63, 3.8) is 0 Å². The van der Waals surface area contributed by atoms with Crippen molar-refractivity contribution in [1.82, 2.24) is 10.2 Å². The highest BCUT2D eigenvalue weighted by atomic mass is 32.1. The Morgan fingerprint density at radius 3 is 2.72 bits per heavy atom. The average molecular weight is 266 g/mol. The predicted molar refractivity (Wildman–Crippen MR) is 75.8 cm³/mol. The van der Waals surface area contributed by atoms with Gasteiger partial charge in [0.1, 0.15) is 0 Å². The Morgan fingerprint density at radius 1 is 1.50 bits per heavy atom. The normalized spacial score (nSPS) is 25.1. The van der Waals surface area contributed by atoms with Crippen molar-refractivity contribution < 1.29 is 4.79 Å². The molecule has 1 saturated heterocycles. The lowest BCUT2D eigenvalue weighted by Gasteiger charge is -2.28. The summed E-state index contributed by atoms with van der Waals surface area (Å²) in [6, 6.07) is 4.42. The number of hydrogen-bond donors (Lipinski definition) is 1. The number of nitrogens with zero attached hydrogens (tertiary/aromatic N) is 1. The van der Waals surface area contributed by atoms with Crippen molar-refractivity contribution in [1.29, 1.82) is 0 Å². The zero-order chi connectivity index (χ0) is 13.3. The average Bonchev–Trinajstić information content (AvgIpc) is 2.95. The van der Waals surface area contributed by atoms with Gasteiger partial charge in [0.25, 0.3) is 0 Å². The molecule has 1 N–H and O–H groups in total. The number of nitrogens with one attached hydrogen (secondary N) is 1. The van der Waals surface area contributed by atoms with Crippen molar-refractivity contribution in [3.05, 3.63) is 21.9 Å². The van der Waals surface area contributed by atoms with E-state index in [4.69, 9.17) is 0 Å². The fourth-order valence-corrected chi connectivity index (χ4v) is 3.43. The van der Waals surface area contributed by atoms with Crippen LogP contribution in [0, 0.1) is 18.8 Å². The quantitative estimate of drug-likeness (QED) is 0.911. The van der Waals surface area contributed by atoms with Crippen molar-refractivity contribution in [2.24, 2.45) is 11.8 Å². The second-order valence-corrected chi connectivity index (χ2v) is 6.64. The van der Waals surface area contributed by atoms with Gasteiger partial charge in [0.05, 0.1) is 12.0 Å². The lowest BCUT2D eigenvalue weighted by Crippen LogP contribution is -2.37. The van der Waals surface area contributed by atoms with Crippen molar-refractivity contribution in [2.45, 2.75) is 26.8 Å². The van der Waals surface area contributed by atoms with E-state index in [2.05, 4.69) is 38.2 Å². The first-order chi connectivity index (χ1) is 8.50. The molecule has 0 aromatic carbocycles. The molecule has 0 saturated carbocycles. The molecule has 1 amide bonds. The van der Waals surface area contributed by atoms with Gasteiger partial charge in [0.2, 0.25) is 5.91 Å². The number of aryl methyl sites for hydroxylation is 1. The zero-order valence-corrected chi connectivity index (χ0v) is 12.4. The molecule has 1 aliphatic rings. The third-order valence-electron chi connectivity index (χ3n) is 3.94. The molecular weight excluding hydrogens is 244 g/mol. The smallest absolute Gasteiger partial charge is 0.227 e. The minimum absolute atomic E-state index is 0.138. The number of amides is 1. The number of carbonyl (C=O) groups excluding carboxylic acids is 1. The van der Waals surface area contributed by atoms with Gasteiger partial charge in [0, 0.05) is 23.3 Å². The van der Waals surface area contributed by atoms with E-state index in [1.54, 1.807) is 11.3 Å². The number of hydrogen-bond acceptors (Lipinski definition) is 3. The maximum atomic E-state index is 12.5. The van der Waals surface area contributed by atoms with E-state index in [9.17, 15) is 4.79 Å². The first-order valence-corrected chi connectivity index (χ1v) is 7.36. The predicted octanol–water partition coefficient (Wildman–Crippen LogP) is 2.43. The highest BCUT2D eigenvalue weighted by molar-refractivity contribution is 7.12. The van der Waals surface area contributed by atoms with Gasteiger partial charge in [0.15, 0.2) is 0 Å². The van der Waals surface area contributed by atoms with E-state index in [0.717, 1.165) is 13.1 Å². The largest absolute Gasteiger partial charge is 0.338 e. The van der Waals surface area contributed by atoms with Crippen LogP contribution in [-0.2, 0) is 4.79 Å². The minimum Gasteiger partial charge on any atom is -0.338 e. The van der Waals surface area contributed by atoms with Crippen molar-refractivity contribution >= 4 is 17.2 Å². The molecule has 3 unspecified atom stereocenters. The summed E-state index contributed by atoms with van der Waals surface area (Å²) in [7, 11) is 1.92. The van der Waals surface area contributed by atoms with Crippen LogP contribution in [0.4, 0.5) is 0 Å². The first kappa shape index (κ1) is 13.6. The topological polar surface area (TPSA) is 32.3 Å². The van der Waals surface area contributed by atoms with Crippen molar-refractivity contribution in [2.75, 3.05) is 20.1 Å². The third kappa shape index (κ3) is 2.59. The molecule has 0 radical (unpaired) electrons. The molecule has 0 bridgehead atoms. The lowest BCUT2D eigenvalue weighted by atomic mass is 9.96. The minimum atomic E-state index is 0.138. The molecule has 100 valence electrons. The summed E-state index contributed by atoms with van der Waals surface area (Å²) in [6.07, 6.45) is 0. The summed E-state index contributed by atoms with van der Waals surface area (Å²) in [5.41, 5.74) is 0. The Kier molecular flexibility index (Phi) is 4.07. The maximum absolute atomic E-state index is 12.5. The molecule has 4 heteroatoms. The SMILES string of the molecule is Cc1ccc(C(C)N(C)C(=O)C2CNCC2C)s1. The van der Waals surface area contributed by atoms with E-state index in [0.29, 0.717) is 5.92 Å². The Hall–Kier alpha value is -0.870. The summed E-state index contributed by atoms with van der Waals surface area (Å²) in [5, 5.41) is 3.30. The van der Waals surface area contributed by atoms with Gasteiger partial charge in [-0.2, -0.15) is 0 Å². The fourth-order valence-electron chi connectivity index (χ4n) is 2.46. The van der Waals surface area contributed by atoms with Gasteiger partial charge in [-0.05, 0) is 38.4 Å². The highest BCUT2D eigenvalue weighted by Gasteiger charge is 2.33. The zero-order valence-electron chi connectivity index (χ0n) is 11.6. The first-order valence-electron chi connectivity index (χ1n) is 6.54. The van der Waals surface area contributed by atoms with Gasteiger partial charge in [-0.15, -0.1) is 11.3 Å². The maximum Gasteiger partial charge on any atom is 0.227 e. The monoisotopic (exact) mass is 266 g/mol. The van der Waals surface area contributed by atoms with Crippen LogP contribution >= 0.6 is 11.3 Å². The molecule has 1 aromatic rings. The summed E-state index contributed by atoms with van der Waals surface area (Å²) >= 11 is 1.78. The van der Waals surface area contributed by atoms with Crippen LogP contribution in [0.15, 0.2) is 12.1 Å². The van der Waals surface area contributed by atoms with Gasteiger partial charge >= 0.3 is 0 Å². The van der Waals surface area contributed by atoms with E-state index >= 15 is 0 Å². The van der Waals surface area contributed by atoms with Crippen LogP contribution in [0.5, 0.6) is 0 Å². The Labute approximate surface area is 113 Å². The Bertz CT molecular complexity index is 429. The molecular formula is C14H22N2OS. The molecule has 1 fully saturated rings. The van der Waals surface area contributed by atoms with Gasteiger partial charge < -0.3 is 10.2 Å². The number of rotatable bonds is 3. The van der Waals surface area contributed by atoms with Crippen LogP contribution in [0.2, 0.25) is 0 Å². The van der Waals surface area contributed by atoms with Crippen LogP contribution in [0.25, 0.3) is 0 Å². The Morgan fingerprint density at radius 2 is 2.22 bits per heavy atom. The van der Waals surface area contributed by atoms with Crippen molar-refractivity contribution in [3.8, 4) is 0 Å². The van der Waals surface area contributed by atoms with Gasteiger partial charge in [-0.3, -0.25) is 4.79 Å². The van der Waals surface area contributed by atoms with E-state index < -0.39 is 0 Å². The molecule has 18 heavy (non-hydrogen) atoms. The second kappa shape index (κ2) is 5.41. The molecule has 0 spiro atoms. The van der Waals surface area contributed by atoms with E-state index in [-0.39, 0.29) is 17.9 Å². The second-order valence-electron chi connectivity index (χ2n) is 5.32. The van der Waals surface area contributed by atoms with E-state index in [1.165, 1.54) is 9.75 Å². The molecule has 2 heterocycles. The lowest BCUT2D eigenvalue weighted by molar-refractivity contribution is -0.136. The molecule has 3 nitrogen and oxygen atoms in total. The third-order valence-corrected chi connectivity index (χ3v) is 5.11. The summed E-state index contributed by atoms with van der Waals surface area (Å²) in [5.74, 6) is 0.849. The fraction of sp³-hybridized carbons (Fsp3) is 0.643.